The molecule has 3 heteroatoms. The third kappa shape index (κ3) is 4.02. The van der Waals surface area contributed by atoms with Crippen molar-refractivity contribution in [2.24, 2.45) is 5.92 Å². The van der Waals surface area contributed by atoms with Gasteiger partial charge in [0.25, 0.3) is 0 Å². The number of aliphatic hydroxyl groups excluding tert-OH is 1. The fourth-order valence-electron chi connectivity index (χ4n) is 1.67. The zero-order valence-electron chi connectivity index (χ0n) is 11.1. The molecule has 1 rings (SSSR count). The second-order valence-electron chi connectivity index (χ2n) is 4.68. The third-order valence-corrected chi connectivity index (χ3v) is 3.01. The molecule has 2 N–H and O–H groups in total. The lowest BCUT2D eigenvalue weighted by Crippen LogP contribution is -2.32. The molecule has 0 spiro atoms. The predicted molar refractivity (Wildman–Crippen MR) is 70.3 cm³/mol. The van der Waals surface area contributed by atoms with Crippen LogP contribution in [0, 0.1) is 5.92 Å². The number of benzene rings is 1. The minimum Gasteiger partial charge on any atom is -0.496 e. The molecule has 0 aromatic heterocycles. The van der Waals surface area contributed by atoms with Gasteiger partial charge in [-0.3, -0.25) is 0 Å². The number of rotatable bonds is 6. The first-order chi connectivity index (χ1) is 8.06. The monoisotopic (exact) mass is 237 g/mol. The highest BCUT2D eigenvalue weighted by molar-refractivity contribution is 5.35. The van der Waals surface area contributed by atoms with Gasteiger partial charge in [0.05, 0.1) is 13.2 Å². The Hall–Kier alpha value is -1.06. The van der Waals surface area contributed by atoms with Crippen molar-refractivity contribution in [3.63, 3.8) is 0 Å². The van der Waals surface area contributed by atoms with E-state index in [1.165, 1.54) is 0 Å². The van der Waals surface area contributed by atoms with E-state index in [1.54, 1.807) is 7.11 Å². The lowest BCUT2D eigenvalue weighted by molar-refractivity contribution is 0.120. The maximum atomic E-state index is 9.75. The molecule has 0 heterocycles. The molecule has 0 saturated carbocycles. The molecule has 0 saturated heterocycles. The normalized spacial score (nSPS) is 14.7. The van der Waals surface area contributed by atoms with Crippen molar-refractivity contribution in [2.75, 3.05) is 13.7 Å². The standard InChI is InChI=1S/C14H23NO2/c1-10(2)13(16)9-15-11(3)12-7-5-6-8-14(12)17-4/h5-8,10-11,13,15-16H,9H2,1-4H3. The van der Waals surface area contributed by atoms with Crippen molar-refractivity contribution in [3.8, 4) is 5.75 Å². The van der Waals surface area contributed by atoms with E-state index in [1.807, 2.05) is 38.1 Å². The highest BCUT2D eigenvalue weighted by Gasteiger charge is 2.13. The van der Waals surface area contributed by atoms with Crippen LogP contribution in [0.4, 0.5) is 0 Å². The molecular weight excluding hydrogens is 214 g/mol. The lowest BCUT2D eigenvalue weighted by Gasteiger charge is -2.21. The van der Waals surface area contributed by atoms with Gasteiger partial charge >= 0.3 is 0 Å². The van der Waals surface area contributed by atoms with Gasteiger partial charge in [0, 0.05) is 18.2 Å². The largest absolute Gasteiger partial charge is 0.496 e. The molecule has 3 nitrogen and oxygen atoms in total. The Morgan fingerprint density at radius 1 is 1.24 bits per heavy atom. The van der Waals surface area contributed by atoms with Crippen molar-refractivity contribution in [2.45, 2.75) is 32.9 Å². The van der Waals surface area contributed by atoms with Crippen LogP contribution in [0.3, 0.4) is 0 Å². The van der Waals surface area contributed by atoms with E-state index in [9.17, 15) is 5.11 Å². The summed E-state index contributed by atoms with van der Waals surface area (Å²) in [6.07, 6.45) is -0.313. The van der Waals surface area contributed by atoms with E-state index in [0.29, 0.717) is 6.54 Å². The molecule has 1 aromatic rings. The van der Waals surface area contributed by atoms with Crippen molar-refractivity contribution in [1.82, 2.24) is 5.32 Å². The summed E-state index contributed by atoms with van der Waals surface area (Å²) in [5.41, 5.74) is 1.12. The molecule has 1 aromatic carbocycles. The Kier molecular flexibility index (Phi) is 5.45. The summed E-state index contributed by atoms with van der Waals surface area (Å²) in [6, 6.07) is 8.11. The molecule has 17 heavy (non-hydrogen) atoms. The minimum absolute atomic E-state index is 0.166. The van der Waals surface area contributed by atoms with Gasteiger partial charge in [0.2, 0.25) is 0 Å². The topological polar surface area (TPSA) is 41.5 Å². The molecule has 2 atom stereocenters. The highest BCUT2D eigenvalue weighted by Crippen LogP contribution is 2.24. The van der Waals surface area contributed by atoms with Gasteiger partial charge in [-0.1, -0.05) is 32.0 Å². The van der Waals surface area contributed by atoms with E-state index in [-0.39, 0.29) is 18.1 Å². The van der Waals surface area contributed by atoms with E-state index in [0.717, 1.165) is 11.3 Å². The molecule has 0 radical (unpaired) electrons. The molecule has 96 valence electrons. The van der Waals surface area contributed by atoms with Crippen LogP contribution >= 0.6 is 0 Å². The minimum atomic E-state index is -0.313. The van der Waals surface area contributed by atoms with E-state index in [2.05, 4.69) is 12.2 Å². The maximum Gasteiger partial charge on any atom is 0.123 e. The van der Waals surface area contributed by atoms with Crippen molar-refractivity contribution >= 4 is 0 Å². The Morgan fingerprint density at radius 3 is 2.47 bits per heavy atom. The molecule has 0 aliphatic rings. The Labute approximate surface area is 104 Å². The molecule has 0 fully saturated rings. The van der Waals surface area contributed by atoms with E-state index >= 15 is 0 Å². The van der Waals surface area contributed by atoms with Crippen LogP contribution in [0.2, 0.25) is 0 Å². The number of para-hydroxylation sites is 1. The fourth-order valence-corrected chi connectivity index (χ4v) is 1.67. The highest BCUT2D eigenvalue weighted by atomic mass is 16.5. The summed E-state index contributed by atoms with van der Waals surface area (Å²) in [5.74, 6) is 1.15. The molecule has 0 aliphatic carbocycles. The number of aliphatic hydroxyl groups is 1. The van der Waals surface area contributed by atoms with Gasteiger partial charge in [-0.25, -0.2) is 0 Å². The van der Waals surface area contributed by atoms with Crippen molar-refractivity contribution in [1.29, 1.82) is 0 Å². The van der Waals surface area contributed by atoms with Gasteiger partial charge in [-0.05, 0) is 18.9 Å². The first-order valence-electron chi connectivity index (χ1n) is 6.10. The number of hydrogen-bond acceptors (Lipinski definition) is 3. The molecule has 0 amide bonds. The number of nitrogens with one attached hydrogen (secondary N) is 1. The van der Waals surface area contributed by atoms with E-state index in [4.69, 9.17) is 4.74 Å². The van der Waals surface area contributed by atoms with Crippen molar-refractivity contribution in [3.05, 3.63) is 29.8 Å². The van der Waals surface area contributed by atoms with E-state index < -0.39 is 0 Å². The van der Waals surface area contributed by atoms with Crippen LogP contribution in [0.1, 0.15) is 32.4 Å². The van der Waals surface area contributed by atoms with Crippen LogP contribution in [0.15, 0.2) is 24.3 Å². The molecular formula is C14H23NO2. The second kappa shape index (κ2) is 6.62. The molecule has 0 bridgehead atoms. The number of methoxy groups -OCH3 is 1. The van der Waals surface area contributed by atoms with Gasteiger partial charge in [-0.2, -0.15) is 0 Å². The first kappa shape index (κ1) is 14.0. The van der Waals surface area contributed by atoms with Crippen LogP contribution in [-0.4, -0.2) is 24.9 Å². The van der Waals surface area contributed by atoms with Crippen molar-refractivity contribution < 1.29 is 9.84 Å². The fraction of sp³-hybridized carbons (Fsp3) is 0.571. The Balaban J connectivity index is 2.60. The first-order valence-corrected chi connectivity index (χ1v) is 6.10. The maximum absolute atomic E-state index is 9.75. The summed E-state index contributed by atoms with van der Waals surface area (Å²) < 4.78 is 5.32. The third-order valence-electron chi connectivity index (χ3n) is 3.01. The van der Waals surface area contributed by atoms with Crippen LogP contribution in [0.5, 0.6) is 5.75 Å². The average molecular weight is 237 g/mol. The smallest absolute Gasteiger partial charge is 0.123 e. The average Bonchev–Trinajstić information content (AvgIpc) is 2.35. The number of hydrogen-bond donors (Lipinski definition) is 2. The summed E-state index contributed by atoms with van der Waals surface area (Å²) in [5, 5.41) is 13.1. The predicted octanol–water partition coefficient (Wildman–Crippen LogP) is 2.36. The van der Waals surface area contributed by atoms with Gasteiger partial charge in [0.1, 0.15) is 5.75 Å². The van der Waals surface area contributed by atoms with Gasteiger partial charge in [0.15, 0.2) is 0 Å². The van der Waals surface area contributed by atoms with Crippen LogP contribution < -0.4 is 10.1 Å². The number of ether oxygens (including phenoxy) is 1. The summed E-state index contributed by atoms with van der Waals surface area (Å²) in [4.78, 5) is 0. The summed E-state index contributed by atoms with van der Waals surface area (Å²) in [7, 11) is 1.68. The van der Waals surface area contributed by atoms with Gasteiger partial charge < -0.3 is 15.2 Å². The SMILES string of the molecule is COc1ccccc1C(C)NCC(O)C(C)C. The quantitative estimate of drug-likeness (QED) is 0.798. The zero-order chi connectivity index (χ0) is 12.8. The van der Waals surface area contributed by atoms with Crippen LogP contribution in [-0.2, 0) is 0 Å². The Bertz CT molecular complexity index is 339. The molecule has 0 aliphatic heterocycles. The second-order valence-corrected chi connectivity index (χ2v) is 4.68. The summed E-state index contributed by atoms with van der Waals surface area (Å²) in [6.45, 7) is 6.70. The Morgan fingerprint density at radius 2 is 1.88 bits per heavy atom. The summed E-state index contributed by atoms with van der Waals surface area (Å²) >= 11 is 0. The van der Waals surface area contributed by atoms with Crippen LogP contribution in [0.25, 0.3) is 0 Å². The lowest BCUT2D eigenvalue weighted by atomic mass is 10.0. The zero-order valence-corrected chi connectivity index (χ0v) is 11.1. The molecule has 2 unspecified atom stereocenters. The van der Waals surface area contributed by atoms with Gasteiger partial charge in [-0.15, -0.1) is 0 Å².